The van der Waals surface area contributed by atoms with Crippen molar-refractivity contribution >= 4 is 12.0 Å². The van der Waals surface area contributed by atoms with E-state index in [0.29, 0.717) is 25.1 Å². The minimum absolute atomic E-state index is 0.0825. The Balaban J connectivity index is 4.38. The van der Waals surface area contributed by atoms with E-state index < -0.39 is 0 Å². The fourth-order valence-electron chi connectivity index (χ4n) is 2.49. The summed E-state index contributed by atoms with van der Waals surface area (Å²) in [7, 11) is 1.85. The molecule has 0 atom stereocenters. The molecule has 0 radical (unpaired) electrons. The second kappa shape index (κ2) is 8.75. The number of nitrogens with zero attached hydrogens (tertiary/aromatic N) is 1. The van der Waals surface area contributed by atoms with Gasteiger partial charge in [-0.2, -0.15) is 0 Å². The molecule has 0 rings (SSSR count). The minimum atomic E-state index is -0.102. The van der Waals surface area contributed by atoms with Crippen LogP contribution in [0.25, 0.3) is 0 Å². The van der Waals surface area contributed by atoms with Gasteiger partial charge >= 0.3 is 0 Å². The fraction of sp³-hybridized carbons (Fsp3) is 0.750. The number of carbonyl (C=O) groups is 1. The lowest BCUT2D eigenvalue weighted by atomic mass is 9.75. The molecule has 0 aliphatic carbocycles. The number of isocyanates is 1. The molecule has 0 aromatic rings. The Bertz CT molecular complexity index is 408. The van der Waals surface area contributed by atoms with E-state index in [1.54, 1.807) is 6.08 Å². The molecule has 0 spiro atoms. The van der Waals surface area contributed by atoms with Gasteiger partial charge in [-0.25, -0.2) is 9.79 Å². The molecule has 0 aromatic heterocycles. The lowest BCUT2D eigenvalue weighted by molar-refractivity contribution is -0.118. The zero-order valence-corrected chi connectivity index (χ0v) is 14.0. The van der Waals surface area contributed by atoms with Crippen molar-refractivity contribution in [2.45, 2.75) is 40.5 Å². The molecule has 0 saturated heterocycles. The van der Waals surface area contributed by atoms with Crippen molar-refractivity contribution in [3.8, 4) is 0 Å². The van der Waals surface area contributed by atoms with Crippen LogP contribution in [0.15, 0.2) is 17.1 Å². The van der Waals surface area contributed by atoms with Gasteiger partial charge in [-0.15, -0.1) is 0 Å². The summed E-state index contributed by atoms with van der Waals surface area (Å²) in [5.41, 5.74) is 0.403. The number of amides is 1. The summed E-state index contributed by atoms with van der Waals surface area (Å²) in [6, 6.07) is 0. The first-order valence-corrected chi connectivity index (χ1v) is 7.28. The summed E-state index contributed by atoms with van der Waals surface area (Å²) in [6.45, 7) is 13.9. The lowest BCUT2D eigenvalue weighted by Gasteiger charge is -2.34. The molecule has 1 amide bonds. The number of hydrogen-bond acceptors (Lipinski definition) is 4. The number of carbonyl (C=O) groups excluding carboxylic acids is 2. The Morgan fingerprint density at radius 3 is 2.38 bits per heavy atom. The van der Waals surface area contributed by atoms with Crippen LogP contribution in [0, 0.1) is 10.8 Å². The zero-order valence-electron chi connectivity index (χ0n) is 14.0. The van der Waals surface area contributed by atoms with Crippen LogP contribution in [0.2, 0.25) is 0 Å². The van der Waals surface area contributed by atoms with Gasteiger partial charge in [0.25, 0.3) is 0 Å². The smallest absolute Gasteiger partial charge is 0.246 e. The Kier molecular flexibility index (Phi) is 8.15. The number of rotatable bonds is 10. The molecule has 0 aliphatic heterocycles. The van der Waals surface area contributed by atoms with Crippen molar-refractivity contribution in [3.05, 3.63) is 12.2 Å². The topological polar surface area (TPSA) is 70.6 Å². The molecule has 0 aliphatic rings. The molecule has 21 heavy (non-hydrogen) atoms. The van der Waals surface area contributed by atoms with E-state index in [1.165, 1.54) is 0 Å². The summed E-state index contributed by atoms with van der Waals surface area (Å²) >= 11 is 0. The van der Waals surface area contributed by atoms with Gasteiger partial charge < -0.3 is 10.6 Å². The highest BCUT2D eigenvalue weighted by atomic mass is 16.1. The van der Waals surface area contributed by atoms with Crippen molar-refractivity contribution in [2.75, 3.05) is 26.7 Å². The van der Waals surface area contributed by atoms with Crippen molar-refractivity contribution in [2.24, 2.45) is 15.8 Å². The maximum absolute atomic E-state index is 11.9. The van der Waals surface area contributed by atoms with Crippen LogP contribution in [0.5, 0.6) is 0 Å². The second-order valence-electron chi connectivity index (χ2n) is 7.05. The zero-order chi connectivity index (χ0) is 16.5. The first-order valence-electron chi connectivity index (χ1n) is 7.28. The molecule has 2 N–H and O–H groups in total. The molecule has 5 heteroatoms. The van der Waals surface area contributed by atoms with Crippen molar-refractivity contribution < 1.29 is 9.59 Å². The quantitative estimate of drug-likeness (QED) is 0.368. The van der Waals surface area contributed by atoms with Gasteiger partial charge in [0.15, 0.2) is 0 Å². The molecule has 0 heterocycles. The van der Waals surface area contributed by atoms with Crippen LogP contribution in [-0.4, -0.2) is 38.7 Å². The summed E-state index contributed by atoms with van der Waals surface area (Å²) in [4.78, 5) is 25.8. The number of nitrogens with one attached hydrogen (secondary N) is 2. The SMILES string of the molecule is C=C(CCNC)C(=O)NCC(C)(C)CC(C)(C)CN=C=O. The van der Waals surface area contributed by atoms with Crippen molar-refractivity contribution in [1.29, 1.82) is 0 Å². The first-order chi connectivity index (χ1) is 9.63. The summed E-state index contributed by atoms with van der Waals surface area (Å²) in [5.74, 6) is -0.0953. The maximum atomic E-state index is 11.9. The molecule has 0 unspecified atom stereocenters. The molecule has 120 valence electrons. The van der Waals surface area contributed by atoms with E-state index >= 15 is 0 Å². The highest BCUT2D eigenvalue weighted by Gasteiger charge is 2.29. The molecular weight excluding hydrogens is 266 g/mol. The van der Waals surface area contributed by atoms with E-state index in [4.69, 9.17) is 0 Å². The average molecular weight is 295 g/mol. The third-order valence-corrected chi connectivity index (χ3v) is 3.25. The monoisotopic (exact) mass is 295 g/mol. The van der Waals surface area contributed by atoms with Crippen molar-refractivity contribution in [3.63, 3.8) is 0 Å². The van der Waals surface area contributed by atoms with Crippen molar-refractivity contribution in [1.82, 2.24) is 10.6 Å². The highest BCUT2D eigenvalue weighted by molar-refractivity contribution is 5.92. The largest absolute Gasteiger partial charge is 0.352 e. The van der Waals surface area contributed by atoms with Gasteiger partial charge in [-0.1, -0.05) is 34.3 Å². The lowest BCUT2D eigenvalue weighted by Crippen LogP contribution is -2.38. The minimum Gasteiger partial charge on any atom is -0.352 e. The third kappa shape index (κ3) is 9.16. The molecule has 0 fully saturated rings. The van der Waals surface area contributed by atoms with E-state index in [9.17, 15) is 9.59 Å². The van der Waals surface area contributed by atoms with Crippen LogP contribution >= 0.6 is 0 Å². The van der Waals surface area contributed by atoms with E-state index in [2.05, 4.69) is 49.9 Å². The van der Waals surface area contributed by atoms with Crippen LogP contribution in [0.1, 0.15) is 40.5 Å². The fourth-order valence-corrected chi connectivity index (χ4v) is 2.49. The van der Waals surface area contributed by atoms with E-state index in [0.717, 1.165) is 13.0 Å². The Hall–Kier alpha value is -1.45. The highest BCUT2D eigenvalue weighted by Crippen LogP contribution is 2.33. The third-order valence-electron chi connectivity index (χ3n) is 3.25. The average Bonchev–Trinajstić information content (AvgIpc) is 2.38. The van der Waals surface area contributed by atoms with E-state index in [-0.39, 0.29) is 16.7 Å². The number of aliphatic imine (C=N–C) groups is 1. The van der Waals surface area contributed by atoms with Gasteiger partial charge in [0.1, 0.15) is 0 Å². The van der Waals surface area contributed by atoms with Crippen LogP contribution in [0.4, 0.5) is 0 Å². The van der Waals surface area contributed by atoms with Crippen LogP contribution in [0.3, 0.4) is 0 Å². The van der Waals surface area contributed by atoms with Gasteiger partial charge in [0, 0.05) is 12.1 Å². The molecular formula is C16H29N3O2. The summed E-state index contributed by atoms with van der Waals surface area (Å²) in [6.07, 6.45) is 3.06. The van der Waals surface area contributed by atoms with Gasteiger partial charge in [0.05, 0.1) is 6.54 Å². The first kappa shape index (κ1) is 19.6. The Labute approximate surface area is 128 Å². The van der Waals surface area contributed by atoms with Crippen LogP contribution in [-0.2, 0) is 9.59 Å². The van der Waals surface area contributed by atoms with E-state index in [1.807, 2.05) is 7.05 Å². The maximum Gasteiger partial charge on any atom is 0.246 e. The summed E-state index contributed by atoms with van der Waals surface area (Å²) in [5, 5.41) is 5.93. The standard InChI is InChI=1S/C16H29N3O2/c1-13(7-8-17-6)14(21)19-11-16(4,5)9-15(2,3)10-18-12-20/h17H,1,7-11H2,2-6H3,(H,19,21). The predicted octanol–water partition coefficient (Wildman–Crippen LogP) is 2.05. The van der Waals surface area contributed by atoms with Gasteiger partial charge in [-0.3, -0.25) is 4.79 Å². The molecule has 0 saturated carbocycles. The molecule has 0 aromatic carbocycles. The normalized spacial score (nSPS) is 11.7. The van der Waals surface area contributed by atoms with Crippen LogP contribution < -0.4 is 10.6 Å². The molecule has 0 bridgehead atoms. The molecule has 5 nitrogen and oxygen atoms in total. The predicted molar refractivity (Wildman–Crippen MR) is 85.9 cm³/mol. The Morgan fingerprint density at radius 2 is 1.86 bits per heavy atom. The van der Waals surface area contributed by atoms with Gasteiger partial charge in [-0.05, 0) is 37.3 Å². The second-order valence-corrected chi connectivity index (χ2v) is 7.05. The van der Waals surface area contributed by atoms with Gasteiger partial charge in [0.2, 0.25) is 12.0 Å². The summed E-state index contributed by atoms with van der Waals surface area (Å²) < 4.78 is 0. The Morgan fingerprint density at radius 1 is 1.24 bits per heavy atom. The number of hydrogen-bond donors (Lipinski definition) is 2.